The van der Waals surface area contributed by atoms with Gasteiger partial charge in [-0.1, -0.05) is 30.4 Å². The number of likely N-dealkylation sites (N-methyl/N-ethyl adjacent to an activating group) is 1. The van der Waals surface area contributed by atoms with E-state index in [0.717, 1.165) is 59.8 Å². The van der Waals surface area contributed by atoms with Gasteiger partial charge in [-0.05, 0) is 50.2 Å². The lowest BCUT2D eigenvalue weighted by molar-refractivity contribution is 0.148. The average molecular weight is 526 g/mol. The molecule has 1 fully saturated rings. The SMILES string of the molecule is Cc1cccc(C)c1N1Cc2cnc3nc2N(C/C=C/COCc2cc(ccc2N2CCN(C)CC2)N3)C1=O. The minimum atomic E-state index is -0.0963. The van der Waals surface area contributed by atoms with Crippen molar-refractivity contribution >= 4 is 34.9 Å². The van der Waals surface area contributed by atoms with Crippen molar-refractivity contribution < 1.29 is 9.53 Å². The van der Waals surface area contributed by atoms with Crippen LogP contribution in [0.4, 0.5) is 33.6 Å². The molecule has 0 unspecified atom stereocenters. The number of nitrogens with one attached hydrogen (secondary N) is 1. The first-order valence-corrected chi connectivity index (χ1v) is 13.6. The lowest BCUT2D eigenvalue weighted by Gasteiger charge is -2.37. The standard InChI is InChI=1S/C30H35N7O2/c1-21-7-6-8-22(2)27(21)37-19-24-18-31-29-32-25-9-10-26(35-14-12-34(3)13-15-35)23(17-25)20-39-16-5-4-11-36(30(37)38)28(24)33-29/h4-10,17-18H,11-16,19-20H2,1-3H3,(H,31,32,33)/b5-4+. The molecule has 0 aliphatic carbocycles. The molecule has 1 saturated heterocycles. The maximum Gasteiger partial charge on any atom is 0.330 e. The Labute approximate surface area is 229 Å². The fraction of sp³-hybridized carbons (Fsp3) is 0.367. The van der Waals surface area contributed by atoms with Gasteiger partial charge in [-0.15, -0.1) is 0 Å². The summed E-state index contributed by atoms with van der Waals surface area (Å²) in [7, 11) is 2.17. The Morgan fingerprint density at radius 1 is 0.949 bits per heavy atom. The van der Waals surface area contributed by atoms with E-state index >= 15 is 0 Å². The van der Waals surface area contributed by atoms with Crippen LogP contribution in [-0.2, 0) is 17.9 Å². The molecule has 1 aromatic heterocycles. The monoisotopic (exact) mass is 525 g/mol. The Balaban J connectivity index is 1.34. The summed E-state index contributed by atoms with van der Waals surface area (Å²) in [5, 5.41) is 3.37. The molecular weight excluding hydrogens is 490 g/mol. The lowest BCUT2D eigenvalue weighted by Crippen LogP contribution is -2.48. The fourth-order valence-electron chi connectivity index (χ4n) is 5.60. The number of amides is 2. The summed E-state index contributed by atoms with van der Waals surface area (Å²) >= 11 is 0. The molecule has 6 rings (SSSR count). The Morgan fingerprint density at radius 2 is 1.74 bits per heavy atom. The quantitative estimate of drug-likeness (QED) is 0.489. The van der Waals surface area contributed by atoms with Crippen molar-refractivity contribution in [1.82, 2.24) is 14.9 Å². The topological polar surface area (TPSA) is 77.1 Å². The third-order valence-electron chi connectivity index (χ3n) is 7.70. The number of piperazine rings is 1. The van der Waals surface area contributed by atoms with Gasteiger partial charge in [0, 0.05) is 61.4 Å². The van der Waals surface area contributed by atoms with Crippen LogP contribution < -0.4 is 20.0 Å². The smallest absolute Gasteiger partial charge is 0.330 e. The third-order valence-corrected chi connectivity index (χ3v) is 7.70. The second-order valence-corrected chi connectivity index (χ2v) is 10.5. The summed E-state index contributed by atoms with van der Waals surface area (Å²) in [6.45, 7) is 9.93. The van der Waals surface area contributed by atoms with E-state index in [2.05, 4.69) is 45.3 Å². The second-order valence-electron chi connectivity index (χ2n) is 10.5. The fourth-order valence-corrected chi connectivity index (χ4v) is 5.60. The molecule has 3 aromatic rings. The van der Waals surface area contributed by atoms with Crippen LogP contribution in [0.15, 0.2) is 54.7 Å². The minimum absolute atomic E-state index is 0.0963. The van der Waals surface area contributed by atoms with Crippen LogP contribution in [0, 0.1) is 13.8 Å². The van der Waals surface area contributed by atoms with Crippen LogP contribution in [0.1, 0.15) is 22.3 Å². The zero-order valence-corrected chi connectivity index (χ0v) is 22.9. The van der Waals surface area contributed by atoms with Crippen LogP contribution >= 0.6 is 0 Å². The van der Waals surface area contributed by atoms with E-state index in [9.17, 15) is 4.79 Å². The highest BCUT2D eigenvalue weighted by Gasteiger charge is 2.34. The Hall–Kier alpha value is -3.95. The number of ether oxygens (including phenoxy) is 1. The molecule has 0 saturated carbocycles. The van der Waals surface area contributed by atoms with Crippen molar-refractivity contribution in [2.24, 2.45) is 0 Å². The number of carbonyl (C=O) groups excluding carboxylic acids is 1. The van der Waals surface area contributed by atoms with Gasteiger partial charge in [0.2, 0.25) is 5.95 Å². The van der Waals surface area contributed by atoms with Gasteiger partial charge in [0.15, 0.2) is 0 Å². The molecule has 202 valence electrons. The van der Waals surface area contributed by atoms with Crippen LogP contribution in [0.2, 0.25) is 0 Å². The van der Waals surface area contributed by atoms with Gasteiger partial charge >= 0.3 is 6.03 Å². The average Bonchev–Trinajstić information content (AvgIpc) is 2.92. The largest absolute Gasteiger partial charge is 0.373 e. The zero-order valence-electron chi connectivity index (χ0n) is 22.9. The van der Waals surface area contributed by atoms with E-state index in [1.165, 1.54) is 5.69 Å². The predicted molar refractivity (Wildman–Crippen MR) is 155 cm³/mol. The van der Waals surface area contributed by atoms with Gasteiger partial charge in [0.1, 0.15) is 5.82 Å². The number of aryl methyl sites for hydroxylation is 2. The van der Waals surface area contributed by atoms with Crippen LogP contribution in [0.5, 0.6) is 0 Å². The molecule has 0 radical (unpaired) electrons. The third kappa shape index (κ3) is 5.07. The molecule has 2 aromatic carbocycles. The first-order chi connectivity index (χ1) is 19.0. The van der Waals surface area contributed by atoms with Gasteiger partial charge in [-0.25, -0.2) is 9.78 Å². The molecule has 0 spiro atoms. The van der Waals surface area contributed by atoms with Gasteiger partial charge in [0.25, 0.3) is 0 Å². The number of hydrogen-bond acceptors (Lipinski definition) is 7. The second kappa shape index (κ2) is 10.7. The highest BCUT2D eigenvalue weighted by Crippen LogP contribution is 2.35. The summed E-state index contributed by atoms with van der Waals surface area (Å²) in [5.41, 5.74) is 7.21. The molecule has 9 nitrogen and oxygen atoms in total. The van der Waals surface area contributed by atoms with E-state index in [-0.39, 0.29) is 6.03 Å². The molecular formula is C30H35N7O2. The van der Waals surface area contributed by atoms with Crippen molar-refractivity contribution in [2.75, 3.05) is 66.4 Å². The molecule has 9 heteroatoms. The molecule has 3 aliphatic rings. The van der Waals surface area contributed by atoms with E-state index in [1.54, 1.807) is 4.90 Å². The molecule has 3 aliphatic heterocycles. The highest BCUT2D eigenvalue weighted by atomic mass is 16.5. The number of hydrogen-bond donors (Lipinski definition) is 1. The zero-order chi connectivity index (χ0) is 26.9. The van der Waals surface area contributed by atoms with E-state index < -0.39 is 0 Å². The first kappa shape index (κ1) is 25.3. The molecule has 0 atom stereocenters. The normalized spacial score (nSPS) is 18.9. The Kier molecular flexibility index (Phi) is 6.93. The maximum absolute atomic E-state index is 13.8. The van der Waals surface area contributed by atoms with Gasteiger partial charge < -0.3 is 19.9 Å². The van der Waals surface area contributed by atoms with Crippen LogP contribution in [-0.4, -0.2) is 67.3 Å². The van der Waals surface area contributed by atoms with Gasteiger partial charge in [-0.3, -0.25) is 9.80 Å². The van der Waals surface area contributed by atoms with Gasteiger partial charge in [-0.2, -0.15) is 4.98 Å². The number of urea groups is 1. The highest BCUT2D eigenvalue weighted by molar-refractivity contribution is 6.06. The number of para-hydroxylation sites is 1. The van der Waals surface area contributed by atoms with E-state index in [0.29, 0.717) is 38.1 Å². The Bertz CT molecular complexity index is 1390. The van der Waals surface area contributed by atoms with Crippen molar-refractivity contribution in [3.63, 3.8) is 0 Å². The summed E-state index contributed by atoms with van der Waals surface area (Å²) in [6, 6.07) is 12.3. The number of carbonyl (C=O) groups is 1. The molecule has 1 N–H and O–H groups in total. The molecule has 4 bridgehead atoms. The number of rotatable bonds is 2. The van der Waals surface area contributed by atoms with Gasteiger partial charge in [0.05, 0.1) is 25.4 Å². The van der Waals surface area contributed by atoms with Crippen molar-refractivity contribution in [2.45, 2.75) is 27.0 Å². The predicted octanol–water partition coefficient (Wildman–Crippen LogP) is 4.62. The van der Waals surface area contributed by atoms with E-state index in [4.69, 9.17) is 9.72 Å². The summed E-state index contributed by atoms with van der Waals surface area (Å²) in [5.74, 6) is 1.10. The van der Waals surface area contributed by atoms with E-state index in [1.807, 2.05) is 55.3 Å². The van der Waals surface area contributed by atoms with Crippen LogP contribution in [0.25, 0.3) is 0 Å². The molecule has 2 amide bonds. The molecule has 4 heterocycles. The summed E-state index contributed by atoms with van der Waals surface area (Å²) in [4.78, 5) is 31.7. The lowest BCUT2D eigenvalue weighted by atomic mass is 10.1. The number of nitrogens with zero attached hydrogens (tertiary/aromatic N) is 6. The maximum atomic E-state index is 13.8. The van der Waals surface area contributed by atoms with Crippen molar-refractivity contribution in [1.29, 1.82) is 0 Å². The summed E-state index contributed by atoms with van der Waals surface area (Å²) in [6.07, 6.45) is 5.80. The summed E-state index contributed by atoms with van der Waals surface area (Å²) < 4.78 is 6.08. The first-order valence-electron chi connectivity index (χ1n) is 13.6. The Morgan fingerprint density at radius 3 is 2.54 bits per heavy atom. The number of benzene rings is 2. The number of aromatic nitrogens is 2. The molecule has 39 heavy (non-hydrogen) atoms. The van der Waals surface area contributed by atoms with Crippen LogP contribution in [0.3, 0.4) is 0 Å². The van der Waals surface area contributed by atoms with Crippen molar-refractivity contribution in [3.8, 4) is 0 Å². The number of fused-ring (bicyclic) bond motifs is 3. The van der Waals surface area contributed by atoms with Crippen molar-refractivity contribution in [3.05, 3.63) is 77.0 Å². The minimum Gasteiger partial charge on any atom is -0.373 e. The number of anilines is 5.